The number of pyridine rings is 1. The lowest BCUT2D eigenvalue weighted by Crippen LogP contribution is -2.27. The molecule has 1 aromatic carbocycles. The summed E-state index contributed by atoms with van der Waals surface area (Å²) in [4.78, 5) is 25.7. The summed E-state index contributed by atoms with van der Waals surface area (Å²) in [6, 6.07) is 14.9. The van der Waals surface area contributed by atoms with Gasteiger partial charge in [0.1, 0.15) is 5.69 Å². The Morgan fingerprint density at radius 1 is 1.10 bits per heavy atom. The van der Waals surface area contributed by atoms with Gasteiger partial charge in [0.15, 0.2) is 10.8 Å². The predicted octanol–water partition coefficient (Wildman–Crippen LogP) is 2.65. The van der Waals surface area contributed by atoms with Crippen LogP contribution in [0, 0.1) is 6.92 Å². The maximum atomic E-state index is 13.0. The number of anilines is 1. The fourth-order valence-electron chi connectivity index (χ4n) is 3.05. The molecule has 148 valence electrons. The van der Waals surface area contributed by atoms with Gasteiger partial charge in [0.2, 0.25) is 5.91 Å². The van der Waals surface area contributed by atoms with Crippen LogP contribution in [0.5, 0.6) is 0 Å². The fraction of sp³-hybridized carbons (Fsp3) is 0.200. The zero-order valence-electron chi connectivity index (χ0n) is 16.2. The third kappa shape index (κ3) is 3.44. The van der Waals surface area contributed by atoms with E-state index in [4.69, 9.17) is 0 Å². The van der Waals surface area contributed by atoms with Gasteiger partial charge in [-0.1, -0.05) is 36.0 Å². The number of amides is 1. The molecule has 0 radical (unpaired) electrons. The van der Waals surface area contributed by atoms with Crippen LogP contribution in [0.3, 0.4) is 0 Å². The summed E-state index contributed by atoms with van der Waals surface area (Å²) in [7, 11) is 1.79. The minimum Gasteiger partial charge on any atom is -0.319 e. The van der Waals surface area contributed by atoms with E-state index < -0.39 is 5.25 Å². The lowest BCUT2D eigenvalue weighted by atomic mass is 10.3. The molecule has 0 saturated heterocycles. The third-order valence-electron chi connectivity index (χ3n) is 4.74. The Balaban J connectivity index is 1.58. The van der Waals surface area contributed by atoms with Gasteiger partial charge in [0.05, 0.1) is 16.6 Å². The van der Waals surface area contributed by atoms with Crippen LogP contribution < -0.4 is 10.9 Å². The van der Waals surface area contributed by atoms with Crippen LogP contribution in [0.4, 0.5) is 5.69 Å². The Bertz CT molecular complexity index is 1240. The molecule has 1 atom stereocenters. The highest BCUT2D eigenvalue weighted by Gasteiger charge is 2.22. The molecule has 4 aromatic rings. The van der Waals surface area contributed by atoms with Crippen molar-refractivity contribution in [3.63, 3.8) is 0 Å². The molecule has 1 N–H and O–H groups in total. The van der Waals surface area contributed by atoms with Gasteiger partial charge in [-0.15, -0.1) is 10.2 Å². The van der Waals surface area contributed by atoms with Crippen molar-refractivity contribution >= 4 is 29.0 Å². The largest absolute Gasteiger partial charge is 0.319 e. The molecular formula is C20H20N6O2S. The van der Waals surface area contributed by atoms with Crippen LogP contribution in [-0.4, -0.2) is 35.1 Å². The van der Waals surface area contributed by atoms with E-state index in [-0.39, 0.29) is 17.2 Å². The number of hydrogen-bond donors (Lipinski definition) is 1. The lowest BCUT2D eigenvalue weighted by molar-refractivity contribution is -0.115. The van der Waals surface area contributed by atoms with Gasteiger partial charge in [-0.2, -0.15) is 0 Å². The molecule has 0 bridgehead atoms. The highest BCUT2D eigenvalue weighted by Crippen LogP contribution is 2.23. The molecule has 0 spiro atoms. The Labute approximate surface area is 171 Å². The summed E-state index contributed by atoms with van der Waals surface area (Å²) in [5, 5.41) is 11.2. The van der Waals surface area contributed by atoms with Crippen molar-refractivity contribution in [2.24, 2.45) is 7.05 Å². The molecular weight excluding hydrogens is 388 g/mol. The highest BCUT2D eigenvalue weighted by molar-refractivity contribution is 8.00. The summed E-state index contributed by atoms with van der Waals surface area (Å²) < 4.78 is 5.09. The molecule has 4 rings (SSSR count). The first-order chi connectivity index (χ1) is 14.0. The van der Waals surface area contributed by atoms with E-state index >= 15 is 0 Å². The zero-order valence-corrected chi connectivity index (χ0v) is 17.1. The minimum atomic E-state index is -0.466. The lowest BCUT2D eigenvalue weighted by Gasteiger charge is -2.10. The van der Waals surface area contributed by atoms with Crippen molar-refractivity contribution in [2.45, 2.75) is 24.3 Å². The van der Waals surface area contributed by atoms with E-state index in [1.807, 2.05) is 59.1 Å². The first-order valence-corrected chi connectivity index (χ1v) is 9.96. The average Bonchev–Trinajstić information content (AvgIpc) is 3.23. The van der Waals surface area contributed by atoms with E-state index in [2.05, 4.69) is 15.5 Å². The first kappa shape index (κ1) is 19.0. The van der Waals surface area contributed by atoms with Gasteiger partial charge >= 0.3 is 0 Å². The van der Waals surface area contributed by atoms with Crippen molar-refractivity contribution < 1.29 is 4.79 Å². The number of carbonyl (C=O) groups excluding carboxylic acids is 1. The van der Waals surface area contributed by atoms with Crippen LogP contribution in [-0.2, 0) is 11.8 Å². The monoisotopic (exact) mass is 408 g/mol. The normalized spacial score (nSPS) is 12.2. The number of hydrogen-bond acceptors (Lipinski definition) is 5. The van der Waals surface area contributed by atoms with Crippen molar-refractivity contribution in [1.29, 1.82) is 0 Å². The second kappa shape index (κ2) is 7.59. The number of rotatable bonds is 5. The maximum Gasteiger partial charge on any atom is 0.295 e. The smallest absolute Gasteiger partial charge is 0.295 e. The molecule has 0 unspecified atom stereocenters. The van der Waals surface area contributed by atoms with Crippen LogP contribution in [0.2, 0.25) is 0 Å². The second-order valence-corrected chi connectivity index (χ2v) is 7.91. The summed E-state index contributed by atoms with van der Waals surface area (Å²) in [6.45, 7) is 3.58. The topological polar surface area (TPSA) is 86.2 Å². The molecule has 3 aromatic heterocycles. The van der Waals surface area contributed by atoms with Gasteiger partial charge in [-0.25, -0.2) is 4.68 Å². The number of nitrogens with one attached hydrogen (secondary N) is 1. The second-order valence-electron chi connectivity index (χ2n) is 6.60. The fourth-order valence-corrected chi connectivity index (χ4v) is 3.89. The van der Waals surface area contributed by atoms with Crippen molar-refractivity contribution in [2.75, 3.05) is 5.32 Å². The Morgan fingerprint density at radius 2 is 1.83 bits per heavy atom. The highest BCUT2D eigenvalue weighted by atomic mass is 32.2. The zero-order chi connectivity index (χ0) is 20.5. The van der Waals surface area contributed by atoms with E-state index in [9.17, 15) is 9.59 Å². The predicted molar refractivity (Wildman–Crippen MR) is 113 cm³/mol. The SMILES string of the molecule is Cc1c(NC(=O)[C@H](C)Sc2nnc3ccccn23)c(=O)n(-c2ccccc2)n1C. The van der Waals surface area contributed by atoms with Crippen LogP contribution >= 0.6 is 11.8 Å². The number of para-hydroxylation sites is 1. The average molecular weight is 408 g/mol. The summed E-state index contributed by atoms with van der Waals surface area (Å²) >= 11 is 1.29. The van der Waals surface area contributed by atoms with Gasteiger partial charge in [0, 0.05) is 13.2 Å². The standard InChI is InChI=1S/C20H20N6O2S/c1-13-17(19(28)26(24(13)3)15-9-5-4-6-10-15)21-18(27)14(2)29-20-23-22-16-11-7-8-12-25(16)20/h4-12,14H,1-3H3,(H,21,27)/t14-/m0/s1. The molecule has 0 fully saturated rings. The van der Waals surface area contributed by atoms with E-state index in [1.54, 1.807) is 25.6 Å². The number of thioether (sulfide) groups is 1. The van der Waals surface area contributed by atoms with Crippen molar-refractivity contribution in [1.82, 2.24) is 24.0 Å². The van der Waals surface area contributed by atoms with Crippen molar-refractivity contribution in [3.05, 3.63) is 70.8 Å². The molecule has 0 saturated carbocycles. The Hall–Kier alpha value is -3.33. The van der Waals surface area contributed by atoms with Gasteiger partial charge in [-0.3, -0.25) is 18.7 Å². The maximum absolute atomic E-state index is 13.0. The molecule has 3 heterocycles. The van der Waals surface area contributed by atoms with Gasteiger partial charge in [-0.05, 0) is 38.1 Å². The van der Waals surface area contributed by atoms with E-state index in [1.165, 1.54) is 16.4 Å². The Morgan fingerprint density at radius 3 is 2.59 bits per heavy atom. The number of nitrogens with zero attached hydrogens (tertiary/aromatic N) is 5. The number of aromatic nitrogens is 5. The minimum absolute atomic E-state index is 0.269. The first-order valence-electron chi connectivity index (χ1n) is 9.08. The quantitative estimate of drug-likeness (QED) is 0.513. The number of carbonyl (C=O) groups is 1. The van der Waals surface area contributed by atoms with Crippen LogP contribution in [0.1, 0.15) is 12.6 Å². The van der Waals surface area contributed by atoms with Gasteiger partial charge in [0.25, 0.3) is 5.56 Å². The molecule has 0 aliphatic carbocycles. The summed E-state index contributed by atoms with van der Waals surface area (Å²) in [5.41, 5.74) is 2.14. The van der Waals surface area contributed by atoms with Gasteiger partial charge < -0.3 is 5.32 Å². The Kier molecular flexibility index (Phi) is 4.98. The van der Waals surface area contributed by atoms with Crippen LogP contribution in [0.25, 0.3) is 11.3 Å². The molecule has 0 aliphatic heterocycles. The molecule has 1 amide bonds. The summed E-state index contributed by atoms with van der Waals surface area (Å²) in [6.07, 6.45) is 1.85. The molecule has 0 aliphatic rings. The molecule has 8 nitrogen and oxygen atoms in total. The molecule has 9 heteroatoms. The molecule has 29 heavy (non-hydrogen) atoms. The summed E-state index contributed by atoms with van der Waals surface area (Å²) in [5.74, 6) is -0.270. The number of fused-ring (bicyclic) bond motifs is 1. The van der Waals surface area contributed by atoms with Crippen molar-refractivity contribution in [3.8, 4) is 5.69 Å². The number of benzene rings is 1. The van der Waals surface area contributed by atoms with E-state index in [0.717, 1.165) is 5.69 Å². The van der Waals surface area contributed by atoms with E-state index in [0.29, 0.717) is 16.5 Å². The third-order valence-corrected chi connectivity index (χ3v) is 5.79. The van der Waals surface area contributed by atoms with Crippen LogP contribution in [0.15, 0.2) is 64.7 Å².